The van der Waals surface area contributed by atoms with Gasteiger partial charge >= 0.3 is 11.9 Å². The van der Waals surface area contributed by atoms with Gasteiger partial charge in [-0.15, -0.1) is 0 Å². The molecule has 0 radical (unpaired) electrons. The largest absolute Gasteiger partial charge is 0.462 e. The minimum atomic E-state index is -0.749. The SMILES string of the molecule is CCOC(=O)C(=Cc1c(Cl)n(Cc2ccc(Cl)cc2)c2ccccc12)C(=O)OCC. The highest BCUT2D eigenvalue weighted by molar-refractivity contribution is 6.34. The monoisotopic (exact) mass is 445 g/mol. The second-order valence-electron chi connectivity index (χ2n) is 6.43. The standard InChI is InChI=1S/C23H21Cl2NO4/c1-3-29-22(27)19(23(28)30-4-2)13-18-17-7-5-6-8-20(17)26(21(18)25)14-15-9-11-16(24)12-10-15/h5-13H,3-4,14H2,1-2H3. The van der Waals surface area contributed by atoms with Gasteiger partial charge in [-0.2, -0.15) is 0 Å². The maximum atomic E-state index is 12.4. The second kappa shape index (κ2) is 9.83. The second-order valence-corrected chi connectivity index (χ2v) is 7.23. The first-order valence-electron chi connectivity index (χ1n) is 9.53. The zero-order valence-corrected chi connectivity index (χ0v) is 18.2. The molecule has 0 saturated carbocycles. The van der Waals surface area contributed by atoms with Gasteiger partial charge in [0.2, 0.25) is 0 Å². The lowest BCUT2D eigenvalue weighted by Crippen LogP contribution is -2.18. The van der Waals surface area contributed by atoms with Crippen LogP contribution in [-0.4, -0.2) is 29.7 Å². The average molecular weight is 446 g/mol. The molecule has 0 aliphatic heterocycles. The van der Waals surface area contributed by atoms with Crippen molar-refractivity contribution in [2.45, 2.75) is 20.4 Å². The summed E-state index contributed by atoms with van der Waals surface area (Å²) < 4.78 is 12.0. The highest BCUT2D eigenvalue weighted by Gasteiger charge is 2.24. The highest BCUT2D eigenvalue weighted by atomic mass is 35.5. The van der Waals surface area contributed by atoms with E-state index in [0.717, 1.165) is 16.5 Å². The van der Waals surface area contributed by atoms with E-state index >= 15 is 0 Å². The first-order valence-corrected chi connectivity index (χ1v) is 10.3. The highest BCUT2D eigenvalue weighted by Crippen LogP contribution is 2.33. The number of rotatable bonds is 7. The Hall–Kier alpha value is -2.76. The summed E-state index contributed by atoms with van der Waals surface area (Å²) in [5.41, 5.74) is 2.23. The fourth-order valence-corrected chi connectivity index (χ4v) is 3.56. The molecule has 30 heavy (non-hydrogen) atoms. The van der Waals surface area contributed by atoms with Crippen molar-refractivity contribution < 1.29 is 19.1 Å². The zero-order chi connectivity index (χ0) is 21.7. The Balaban J connectivity index is 2.14. The minimum absolute atomic E-state index is 0.141. The number of hydrogen-bond acceptors (Lipinski definition) is 4. The Morgan fingerprint density at radius 1 is 0.933 bits per heavy atom. The minimum Gasteiger partial charge on any atom is -0.462 e. The van der Waals surface area contributed by atoms with Crippen molar-refractivity contribution in [1.82, 2.24) is 4.57 Å². The van der Waals surface area contributed by atoms with E-state index in [2.05, 4.69) is 0 Å². The lowest BCUT2D eigenvalue weighted by Gasteiger charge is -2.08. The summed E-state index contributed by atoms with van der Waals surface area (Å²) in [7, 11) is 0. The summed E-state index contributed by atoms with van der Waals surface area (Å²) in [6.07, 6.45) is 1.44. The first kappa shape index (κ1) is 21.9. The van der Waals surface area contributed by atoms with E-state index in [1.54, 1.807) is 13.8 Å². The number of aromatic nitrogens is 1. The lowest BCUT2D eigenvalue weighted by atomic mass is 10.1. The molecule has 1 heterocycles. The van der Waals surface area contributed by atoms with Crippen LogP contribution < -0.4 is 0 Å². The molecule has 0 aliphatic carbocycles. The normalized spacial score (nSPS) is 10.7. The molecule has 0 atom stereocenters. The van der Waals surface area contributed by atoms with Crippen LogP contribution in [0.3, 0.4) is 0 Å². The third-order valence-electron chi connectivity index (χ3n) is 4.48. The molecular formula is C23H21Cl2NO4. The molecule has 0 N–H and O–H groups in total. The van der Waals surface area contributed by atoms with Crippen LogP contribution in [-0.2, 0) is 25.6 Å². The molecule has 3 rings (SSSR count). The van der Waals surface area contributed by atoms with Crippen LogP contribution >= 0.6 is 23.2 Å². The van der Waals surface area contributed by atoms with Gasteiger partial charge < -0.3 is 14.0 Å². The number of esters is 2. The first-order chi connectivity index (χ1) is 14.5. The van der Waals surface area contributed by atoms with Crippen molar-refractivity contribution in [3.8, 4) is 0 Å². The topological polar surface area (TPSA) is 57.5 Å². The van der Waals surface area contributed by atoms with Gasteiger partial charge in [-0.25, -0.2) is 9.59 Å². The molecule has 156 valence electrons. The van der Waals surface area contributed by atoms with Crippen LogP contribution in [0.15, 0.2) is 54.1 Å². The number of carbonyl (C=O) groups is 2. The Kier molecular flexibility index (Phi) is 7.19. The van der Waals surface area contributed by atoms with E-state index in [1.807, 2.05) is 53.1 Å². The molecule has 2 aromatic carbocycles. The van der Waals surface area contributed by atoms with E-state index in [9.17, 15) is 9.59 Å². The molecular weight excluding hydrogens is 425 g/mol. The summed E-state index contributed by atoms with van der Waals surface area (Å²) in [6.45, 7) is 4.12. The van der Waals surface area contributed by atoms with Crippen LogP contribution in [0.5, 0.6) is 0 Å². The summed E-state index contributed by atoms with van der Waals surface area (Å²) in [4.78, 5) is 24.8. The predicted molar refractivity (Wildman–Crippen MR) is 119 cm³/mol. The summed E-state index contributed by atoms with van der Waals surface area (Å²) in [6, 6.07) is 15.1. The maximum absolute atomic E-state index is 12.4. The number of hydrogen-bond donors (Lipinski definition) is 0. The number of benzene rings is 2. The fraction of sp³-hybridized carbons (Fsp3) is 0.217. The molecule has 0 bridgehead atoms. The van der Waals surface area contributed by atoms with Crippen molar-refractivity contribution >= 4 is 52.1 Å². The van der Waals surface area contributed by atoms with Gasteiger partial charge in [0, 0.05) is 22.5 Å². The third-order valence-corrected chi connectivity index (χ3v) is 5.14. The van der Waals surface area contributed by atoms with Gasteiger partial charge in [0.1, 0.15) is 10.7 Å². The van der Waals surface area contributed by atoms with Gasteiger partial charge in [0.05, 0.1) is 18.7 Å². The Bertz CT molecular complexity index is 1080. The fourth-order valence-electron chi connectivity index (χ4n) is 3.13. The molecule has 5 nitrogen and oxygen atoms in total. The molecule has 0 spiro atoms. The third kappa shape index (κ3) is 4.69. The summed E-state index contributed by atoms with van der Waals surface area (Å²) in [5, 5.41) is 1.86. The predicted octanol–water partition coefficient (Wildman–Crippen LogP) is 5.51. The number of carbonyl (C=O) groups excluding carboxylic acids is 2. The van der Waals surface area contributed by atoms with Crippen molar-refractivity contribution in [1.29, 1.82) is 0 Å². The molecule has 7 heteroatoms. The average Bonchev–Trinajstić information content (AvgIpc) is 2.99. The molecule has 3 aromatic rings. The van der Waals surface area contributed by atoms with Crippen molar-refractivity contribution in [2.75, 3.05) is 13.2 Å². The quantitative estimate of drug-likeness (QED) is 0.208. The molecule has 0 amide bonds. The molecule has 0 saturated heterocycles. The van der Waals surface area contributed by atoms with Gasteiger partial charge in [-0.1, -0.05) is 53.5 Å². The van der Waals surface area contributed by atoms with Gasteiger partial charge in [0.15, 0.2) is 0 Å². The van der Waals surface area contributed by atoms with Gasteiger partial charge in [-0.05, 0) is 43.7 Å². The maximum Gasteiger partial charge on any atom is 0.345 e. The number of para-hydroxylation sites is 1. The number of nitrogens with zero attached hydrogens (tertiary/aromatic N) is 1. The van der Waals surface area contributed by atoms with Crippen molar-refractivity contribution in [3.05, 3.63) is 75.4 Å². The number of halogens is 2. The Morgan fingerprint density at radius 3 is 2.13 bits per heavy atom. The van der Waals surface area contributed by atoms with Crippen LogP contribution in [0, 0.1) is 0 Å². The molecule has 0 fully saturated rings. The molecule has 0 unspecified atom stereocenters. The molecule has 1 aromatic heterocycles. The van der Waals surface area contributed by atoms with Crippen LogP contribution in [0.2, 0.25) is 10.2 Å². The smallest absolute Gasteiger partial charge is 0.345 e. The van der Waals surface area contributed by atoms with Crippen molar-refractivity contribution in [3.63, 3.8) is 0 Å². The van der Waals surface area contributed by atoms with E-state index < -0.39 is 11.9 Å². The Morgan fingerprint density at radius 2 is 1.53 bits per heavy atom. The molecule has 0 aliphatic rings. The van der Waals surface area contributed by atoms with Crippen LogP contribution in [0.25, 0.3) is 17.0 Å². The zero-order valence-electron chi connectivity index (χ0n) is 16.7. The lowest BCUT2D eigenvalue weighted by molar-refractivity contribution is -0.146. The van der Waals surface area contributed by atoms with E-state index in [0.29, 0.717) is 22.3 Å². The van der Waals surface area contributed by atoms with E-state index in [4.69, 9.17) is 32.7 Å². The summed E-state index contributed by atoms with van der Waals surface area (Å²) >= 11 is 12.7. The van der Waals surface area contributed by atoms with Crippen LogP contribution in [0.4, 0.5) is 0 Å². The van der Waals surface area contributed by atoms with E-state index in [-0.39, 0.29) is 18.8 Å². The Labute approximate surface area is 184 Å². The van der Waals surface area contributed by atoms with Crippen LogP contribution in [0.1, 0.15) is 25.0 Å². The van der Waals surface area contributed by atoms with Crippen molar-refractivity contribution in [2.24, 2.45) is 0 Å². The van der Waals surface area contributed by atoms with Gasteiger partial charge in [0.25, 0.3) is 0 Å². The number of ether oxygens (including phenoxy) is 2. The number of fused-ring (bicyclic) bond motifs is 1. The van der Waals surface area contributed by atoms with Gasteiger partial charge in [-0.3, -0.25) is 0 Å². The van der Waals surface area contributed by atoms with E-state index in [1.165, 1.54) is 6.08 Å². The summed E-state index contributed by atoms with van der Waals surface area (Å²) in [5.74, 6) is -1.50.